The van der Waals surface area contributed by atoms with Gasteiger partial charge in [-0.2, -0.15) is 0 Å². The lowest BCUT2D eigenvalue weighted by Crippen LogP contribution is -2.52. The average molecular weight is 443 g/mol. The van der Waals surface area contributed by atoms with Gasteiger partial charge in [0, 0.05) is 22.8 Å². The van der Waals surface area contributed by atoms with E-state index in [4.69, 9.17) is 14.2 Å². The van der Waals surface area contributed by atoms with Gasteiger partial charge in [-0.25, -0.2) is 14.4 Å². The highest BCUT2D eigenvalue weighted by molar-refractivity contribution is 5.89. The summed E-state index contributed by atoms with van der Waals surface area (Å²) in [6.45, 7) is 10.3. The Hall–Kier alpha value is -3.35. The summed E-state index contributed by atoms with van der Waals surface area (Å²) in [5.74, 6) is -1.06. The number of esters is 3. The van der Waals surface area contributed by atoms with Gasteiger partial charge < -0.3 is 18.9 Å². The summed E-state index contributed by atoms with van der Waals surface area (Å²) in [4.78, 5) is 36.7. The van der Waals surface area contributed by atoms with Crippen LogP contribution in [0.3, 0.4) is 0 Å². The minimum absolute atomic E-state index is 0.423. The van der Waals surface area contributed by atoms with Crippen molar-refractivity contribution in [3.8, 4) is 5.75 Å². The Labute approximate surface area is 188 Å². The molecule has 0 spiro atoms. The molecule has 0 bridgehead atoms. The van der Waals surface area contributed by atoms with E-state index in [-0.39, 0.29) is 0 Å². The molecule has 0 fully saturated rings. The number of hydrogen-bond acceptors (Lipinski definition) is 7. The van der Waals surface area contributed by atoms with E-state index in [0.717, 1.165) is 0 Å². The van der Waals surface area contributed by atoms with Gasteiger partial charge >= 0.3 is 17.9 Å². The highest BCUT2D eigenvalue weighted by Crippen LogP contribution is 2.44. The highest BCUT2D eigenvalue weighted by Gasteiger charge is 2.49. The second kappa shape index (κ2) is 10.3. The van der Waals surface area contributed by atoms with Crippen LogP contribution in [0.25, 0.3) is 6.08 Å². The van der Waals surface area contributed by atoms with Crippen LogP contribution in [0.4, 0.5) is 0 Å². The largest absolute Gasteiger partial charge is 0.483 e. The predicted molar refractivity (Wildman–Crippen MR) is 120 cm³/mol. The normalized spacial score (nSPS) is 20.2. The van der Waals surface area contributed by atoms with Crippen molar-refractivity contribution >= 4 is 24.0 Å². The van der Waals surface area contributed by atoms with Crippen molar-refractivity contribution in [2.45, 2.75) is 59.4 Å². The van der Waals surface area contributed by atoms with Crippen molar-refractivity contribution in [2.75, 3.05) is 7.11 Å². The molecule has 0 saturated carbocycles. The Kier molecular flexibility index (Phi) is 8.02. The third-order valence-corrected chi connectivity index (χ3v) is 5.26. The van der Waals surface area contributed by atoms with Crippen molar-refractivity contribution in [1.82, 2.24) is 0 Å². The zero-order valence-corrected chi connectivity index (χ0v) is 19.6. The van der Waals surface area contributed by atoms with Crippen molar-refractivity contribution in [3.63, 3.8) is 0 Å². The second-order valence-corrected chi connectivity index (χ2v) is 7.95. The van der Waals surface area contributed by atoms with Crippen LogP contribution in [-0.4, -0.2) is 36.7 Å². The smallest absolute Gasteiger partial charge is 0.334 e. The van der Waals surface area contributed by atoms with Crippen molar-refractivity contribution < 1.29 is 33.3 Å². The fourth-order valence-corrected chi connectivity index (χ4v) is 3.07. The molecule has 0 N–H and O–H groups in total. The van der Waals surface area contributed by atoms with Gasteiger partial charge in [0.05, 0.1) is 7.11 Å². The quantitative estimate of drug-likeness (QED) is 0.365. The number of benzene rings is 1. The topological polar surface area (TPSA) is 88.1 Å². The van der Waals surface area contributed by atoms with E-state index >= 15 is 0 Å². The van der Waals surface area contributed by atoms with E-state index in [1.54, 1.807) is 78.0 Å². The molecule has 0 aromatic heterocycles. The number of hydrogen-bond donors (Lipinski definition) is 0. The van der Waals surface area contributed by atoms with Crippen LogP contribution in [0.5, 0.6) is 5.75 Å². The first kappa shape index (κ1) is 24.9. The standard InChI is InChI=1S/C25H30O7/c1-8-15(3)23(27)30-21-18-14-17(11-13-20(26)29-7)10-12-19(18)32-25(5,6)22(21)31-24(28)16(4)9-2/h8-14,21-22H,1-7H3/b13-11+,15-8+,16-9+/t21-,22-/m1/s1. The fourth-order valence-electron chi connectivity index (χ4n) is 3.07. The predicted octanol–water partition coefficient (Wildman–Crippen LogP) is 4.47. The molecule has 0 amide bonds. The van der Waals surface area contributed by atoms with Crippen LogP contribution < -0.4 is 4.74 Å². The lowest BCUT2D eigenvalue weighted by atomic mass is 9.87. The monoisotopic (exact) mass is 442 g/mol. The zero-order valence-electron chi connectivity index (χ0n) is 19.6. The minimum atomic E-state index is -0.977. The van der Waals surface area contributed by atoms with Crippen LogP contribution in [0, 0.1) is 0 Å². The summed E-state index contributed by atoms with van der Waals surface area (Å²) >= 11 is 0. The first-order valence-electron chi connectivity index (χ1n) is 10.3. The molecule has 0 unspecified atom stereocenters. The Morgan fingerprint density at radius 1 is 1.00 bits per heavy atom. The molecular weight excluding hydrogens is 412 g/mol. The van der Waals surface area contributed by atoms with Crippen LogP contribution >= 0.6 is 0 Å². The maximum atomic E-state index is 12.7. The molecule has 1 aromatic rings. The van der Waals surface area contributed by atoms with E-state index in [2.05, 4.69) is 4.74 Å². The lowest BCUT2D eigenvalue weighted by Gasteiger charge is -2.43. The molecule has 1 aromatic carbocycles. The Balaban J connectivity index is 2.57. The summed E-state index contributed by atoms with van der Waals surface area (Å²) in [5, 5.41) is 0. The van der Waals surface area contributed by atoms with Gasteiger partial charge in [-0.3, -0.25) is 0 Å². The molecule has 32 heavy (non-hydrogen) atoms. The molecular formula is C25H30O7. The molecule has 0 saturated heterocycles. The van der Waals surface area contributed by atoms with Crippen molar-refractivity contribution in [2.24, 2.45) is 0 Å². The lowest BCUT2D eigenvalue weighted by molar-refractivity contribution is -0.185. The first-order chi connectivity index (χ1) is 15.0. The number of rotatable bonds is 6. The van der Waals surface area contributed by atoms with Gasteiger partial charge in [-0.05, 0) is 65.3 Å². The van der Waals surface area contributed by atoms with Crippen LogP contribution in [0.1, 0.15) is 58.8 Å². The van der Waals surface area contributed by atoms with Gasteiger partial charge in [0.1, 0.15) is 11.4 Å². The molecule has 1 aliphatic rings. The molecule has 172 valence electrons. The van der Waals surface area contributed by atoms with Crippen LogP contribution in [0.2, 0.25) is 0 Å². The maximum Gasteiger partial charge on any atom is 0.334 e. The number of carbonyl (C=O) groups is 3. The van der Waals surface area contributed by atoms with Crippen molar-refractivity contribution in [3.05, 3.63) is 58.7 Å². The van der Waals surface area contributed by atoms with Gasteiger partial charge in [0.25, 0.3) is 0 Å². The molecule has 1 heterocycles. The first-order valence-corrected chi connectivity index (χ1v) is 10.3. The summed E-state index contributed by atoms with van der Waals surface area (Å²) in [6, 6.07) is 5.23. The number of fused-ring (bicyclic) bond motifs is 1. The molecule has 1 aliphatic heterocycles. The van der Waals surface area contributed by atoms with E-state index in [1.807, 2.05) is 0 Å². The second-order valence-electron chi connectivity index (χ2n) is 7.95. The SMILES string of the molecule is C/C=C(\C)C(=O)O[C@@H]1c2cc(/C=C/C(=O)OC)ccc2OC(C)(C)[C@@H]1OC(=O)/C(C)=C/C. The summed E-state index contributed by atoms with van der Waals surface area (Å²) < 4.78 is 22.4. The third-order valence-electron chi connectivity index (χ3n) is 5.26. The number of allylic oxidation sites excluding steroid dienone is 2. The molecule has 7 nitrogen and oxygen atoms in total. The molecule has 2 atom stereocenters. The van der Waals surface area contributed by atoms with Gasteiger partial charge in [-0.1, -0.05) is 18.2 Å². The summed E-state index contributed by atoms with van der Waals surface area (Å²) in [5.41, 5.74) is 1.07. The van der Waals surface area contributed by atoms with Gasteiger partial charge in [0.15, 0.2) is 12.2 Å². The number of methoxy groups -OCH3 is 1. The Morgan fingerprint density at radius 3 is 2.16 bits per heavy atom. The van der Waals surface area contributed by atoms with E-state index in [1.165, 1.54) is 13.2 Å². The fraction of sp³-hybridized carbons (Fsp3) is 0.400. The molecule has 2 rings (SSSR count). The molecule has 0 aliphatic carbocycles. The maximum absolute atomic E-state index is 12.7. The van der Waals surface area contributed by atoms with Crippen LogP contribution in [-0.2, 0) is 28.6 Å². The Bertz CT molecular complexity index is 982. The summed E-state index contributed by atoms with van der Waals surface area (Å²) in [7, 11) is 1.29. The van der Waals surface area contributed by atoms with Crippen molar-refractivity contribution in [1.29, 1.82) is 0 Å². The number of ether oxygens (including phenoxy) is 4. The zero-order chi connectivity index (χ0) is 24.1. The van der Waals surface area contributed by atoms with E-state index in [9.17, 15) is 14.4 Å². The highest BCUT2D eigenvalue weighted by atomic mass is 16.6. The minimum Gasteiger partial charge on any atom is -0.483 e. The molecule has 7 heteroatoms. The van der Waals surface area contributed by atoms with E-state index < -0.39 is 35.7 Å². The van der Waals surface area contributed by atoms with Crippen LogP contribution in [0.15, 0.2) is 47.6 Å². The third kappa shape index (κ3) is 5.66. The van der Waals surface area contributed by atoms with E-state index in [0.29, 0.717) is 28.0 Å². The Morgan fingerprint density at radius 2 is 1.59 bits per heavy atom. The average Bonchev–Trinajstić information content (AvgIpc) is 2.77. The molecule has 0 radical (unpaired) electrons. The van der Waals surface area contributed by atoms with Gasteiger partial charge in [0.2, 0.25) is 0 Å². The van der Waals surface area contributed by atoms with Gasteiger partial charge in [-0.15, -0.1) is 0 Å². The number of carbonyl (C=O) groups excluding carboxylic acids is 3. The summed E-state index contributed by atoms with van der Waals surface area (Å²) in [6.07, 6.45) is 4.32.